The first kappa shape index (κ1) is 11.1. The van der Waals surface area contributed by atoms with Gasteiger partial charge in [0.1, 0.15) is 11.5 Å². The molecule has 1 aromatic rings. The van der Waals surface area contributed by atoms with Crippen LogP contribution in [0.4, 0.5) is 0 Å². The van der Waals surface area contributed by atoms with E-state index in [2.05, 4.69) is 5.10 Å². The first-order valence-corrected chi connectivity index (χ1v) is 4.92. The molecule has 0 spiro atoms. The number of aromatic hydroxyl groups is 2. The van der Waals surface area contributed by atoms with Gasteiger partial charge in [0.25, 0.3) is 11.8 Å². The third kappa shape index (κ3) is 1.96. The minimum absolute atomic E-state index is 0.0886. The molecule has 1 aromatic carbocycles. The van der Waals surface area contributed by atoms with Crippen LogP contribution in [0.5, 0.6) is 11.5 Å². The normalized spacial score (nSPS) is 15.0. The molecule has 0 aliphatic carbocycles. The predicted octanol–water partition coefficient (Wildman–Crippen LogP) is 0.846. The maximum Gasteiger partial charge on any atom is 0.285 e. The number of phenols is 2. The quantitative estimate of drug-likeness (QED) is 0.556. The van der Waals surface area contributed by atoms with Crippen LogP contribution >= 0.6 is 0 Å². The van der Waals surface area contributed by atoms with Crippen LogP contribution in [0.1, 0.15) is 23.7 Å². The van der Waals surface area contributed by atoms with Crippen molar-refractivity contribution in [3.05, 3.63) is 23.8 Å². The summed E-state index contributed by atoms with van der Waals surface area (Å²) in [5, 5.41) is 23.2. The molecule has 0 saturated heterocycles. The van der Waals surface area contributed by atoms with E-state index in [0.29, 0.717) is 10.7 Å². The van der Waals surface area contributed by atoms with Gasteiger partial charge in [-0.3, -0.25) is 9.59 Å². The molecule has 1 heterocycles. The maximum absolute atomic E-state index is 11.9. The monoisotopic (exact) mass is 234 g/mol. The first-order chi connectivity index (χ1) is 7.99. The number of hydrazone groups is 1. The van der Waals surface area contributed by atoms with Gasteiger partial charge in [-0.2, -0.15) is 10.1 Å². The highest BCUT2D eigenvalue weighted by Gasteiger charge is 2.29. The molecule has 0 unspecified atom stereocenters. The van der Waals surface area contributed by atoms with E-state index in [1.54, 1.807) is 6.92 Å². The van der Waals surface area contributed by atoms with Gasteiger partial charge in [-0.25, -0.2) is 0 Å². The van der Waals surface area contributed by atoms with Crippen molar-refractivity contribution in [2.75, 3.05) is 0 Å². The third-order valence-electron chi connectivity index (χ3n) is 2.32. The highest BCUT2D eigenvalue weighted by Crippen LogP contribution is 2.25. The SMILES string of the molecule is CC1=NN(C(=O)c2cc(O)ccc2O)C(=O)C1. The van der Waals surface area contributed by atoms with Crippen LogP contribution in [-0.2, 0) is 4.79 Å². The van der Waals surface area contributed by atoms with Gasteiger partial charge >= 0.3 is 0 Å². The van der Waals surface area contributed by atoms with Gasteiger partial charge in [0.05, 0.1) is 12.0 Å². The van der Waals surface area contributed by atoms with Crippen molar-refractivity contribution in [2.45, 2.75) is 13.3 Å². The van der Waals surface area contributed by atoms with Crippen molar-refractivity contribution in [2.24, 2.45) is 5.10 Å². The zero-order valence-electron chi connectivity index (χ0n) is 9.04. The smallest absolute Gasteiger partial charge is 0.285 e. The molecule has 0 radical (unpaired) electrons. The fourth-order valence-corrected chi connectivity index (χ4v) is 1.52. The second-order valence-electron chi connectivity index (χ2n) is 3.72. The summed E-state index contributed by atoms with van der Waals surface area (Å²) in [6, 6.07) is 3.51. The van der Waals surface area contributed by atoms with E-state index in [4.69, 9.17) is 0 Å². The van der Waals surface area contributed by atoms with Crippen LogP contribution in [0.2, 0.25) is 0 Å². The van der Waals surface area contributed by atoms with E-state index in [-0.39, 0.29) is 23.5 Å². The van der Waals surface area contributed by atoms with Gasteiger partial charge in [-0.1, -0.05) is 0 Å². The van der Waals surface area contributed by atoms with Gasteiger partial charge in [0.2, 0.25) is 0 Å². The zero-order chi connectivity index (χ0) is 12.6. The number of benzene rings is 1. The average molecular weight is 234 g/mol. The van der Waals surface area contributed by atoms with Crippen molar-refractivity contribution >= 4 is 17.5 Å². The Morgan fingerprint density at radius 2 is 2.12 bits per heavy atom. The Morgan fingerprint density at radius 1 is 1.41 bits per heavy atom. The average Bonchev–Trinajstić information content (AvgIpc) is 2.60. The predicted molar refractivity (Wildman–Crippen MR) is 58.7 cm³/mol. The Bertz CT molecular complexity index is 536. The second-order valence-corrected chi connectivity index (χ2v) is 3.72. The molecule has 0 atom stereocenters. The van der Waals surface area contributed by atoms with E-state index < -0.39 is 11.8 Å². The van der Waals surface area contributed by atoms with Gasteiger partial charge in [-0.15, -0.1) is 0 Å². The lowest BCUT2D eigenvalue weighted by molar-refractivity contribution is -0.126. The number of hydrogen-bond donors (Lipinski definition) is 2. The molecule has 0 saturated carbocycles. The van der Waals surface area contributed by atoms with Crippen LogP contribution in [0.3, 0.4) is 0 Å². The third-order valence-corrected chi connectivity index (χ3v) is 2.32. The summed E-state index contributed by atoms with van der Waals surface area (Å²) < 4.78 is 0. The molecule has 2 rings (SSSR count). The lowest BCUT2D eigenvalue weighted by Crippen LogP contribution is -2.28. The number of rotatable bonds is 1. The van der Waals surface area contributed by atoms with Crippen molar-refractivity contribution in [1.82, 2.24) is 5.01 Å². The van der Waals surface area contributed by atoms with E-state index in [0.717, 1.165) is 6.07 Å². The summed E-state index contributed by atoms with van der Waals surface area (Å²) in [7, 11) is 0. The van der Waals surface area contributed by atoms with Crippen LogP contribution in [-0.4, -0.2) is 32.7 Å². The molecule has 2 N–H and O–H groups in total. The zero-order valence-corrected chi connectivity index (χ0v) is 9.04. The van der Waals surface area contributed by atoms with E-state index >= 15 is 0 Å². The number of phenolic OH excluding ortho intramolecular Hbond substituents is 2. The molecule has 0 aromatic heterocycles. The Balaban J connectivity index is 2.38. The molecule has 1 aliphatic rings. The second kappa shape index (κ2) is 3.89. The van der Waals surface area contributed by atoms with Crippen LogP contribution < -0.4 is 0 Å². The molecule has 17 heavy (non-hydrogen) atoms. The Hall–Kier alpha value is -2.37. The molecule has 6 nitrogen and oxygen atoms in total. The Morgan fingerprint density at radius 3 is 2.71 bits per heavy atom. The summed E-state index contributed by atoms with van der Waals surface area (Å²) in [5.41, 5.74) is 0.375. The van der Waals surface area contributed by atoms with E-state index in [9.17, 15) is 19.8 Å². The number of carbonyl (C=O) groups excluding carboxylic acids is 2. The van der Waals surface area contributed by atoms with E-state index in [1.807, 2.05) is 0 Å². The molecular weight excluding hydrogens is 224 g/mol. The fourth-order valence-electron chi connectivity index (χ4n) is 1.52. The summed E-state index contributed by atoms with van der Waals surface area (Å²) >= 11 is 0. The van der Waals surface area contributed by atoms with Crippen molar-refractivity contribution < 1.29 is 19.8 Å². The molecular formula is C11H10N2O4. The Kier molecular flexibility index (Phi) is 2.55. The maximum atomic E-state index is 11.9. The summed E-state index contributed by atoms with van der Waals surface area (Å²) in [6.45, 7) is 1.63. The standard InChI is InChI=1S/C11H10N2O4/c1-6-4-10(16)13(12-6)11(17)8-5-7(14)2-3-9(8)15/h2-3,5,14-15H,4H2,1H3. The van der Waals surface area contributed by atoms with Gasteiger partial charge in [-0.05, 0) is 25.1 Å². The number of imide groups is 1. The minimum atomic E-state index is -0.750. The largest absolute Gasteiger partial charge is 0.508 e. The molecule has 88 valence electrons. The van der Waals surface area contributed by atoms with Crippen molar-refractivity contribution in [3.8, 4) is 11.5 Å². The van der Waals surface area contributed by atoms with Gasteiger partial charge in [0, 0.05) is 5.71 Å². The van der Waals surface area contributed by atoms with Gasteiger partial charge in [0.15, 0.2) is 0 Å². The summed E-state index contributed by atoms with van der Waals surface area (Å²) in [6.07, 6.45) is 0.0886. The molecule has 6 heteroatoms. The minimum Gasteiger partial charge on any atom is -0.508 e. The highest BCUT2D eigenvalue weighted by molar-refractivity contribution is 6.14. The number of carbonyl (C=O) groups is 2. The summed E-state index contributed by atoms with van der Waals surface area (Å²) in [5.74, 6) is -1.67. The van der Waals surface area contributed by atoms with Gasteiger partial charge < -0.3 is 10.2 Å². The van der Waals surface area contributed by atoms with E-state index in [1.165, 1.54) is 12.1 Å². The Labute approximate surface area is 96.8 Å². The highest BCUT2D eigenvalue weighted by atomic mass is 16.3. The van der Waals surface area contributed by atoms with Crippen molar-refractivity contribution in [3.63, 3.8) is 0 Å². The van der Waals surface area contributed by atoms with Crippen LogP contribution in [0, 0.1) is 0 Å². The molecule has 0 bridgehead atoms. The molecule has 1 aliphatic heterocycles. The summed E-state index contributed by atoms with van der Waals surface area (Å²) in [4.78, 5) is 23.3. The van der Waals surface area contributed by atoms with Crippen molar-refractivity contribution in [1.29, 1.82) is 0 Å². The number of amides is 2. The molecule has 2 amide bonds. The number of hydrogen-bond acceptors (Lipinski definition) is 5. The van der Waals surface area contributed by atoms with Crippen LogP contribution in [0.15, 0.2) is 23.3 Å². The lowest BCUT2D eigenvalue weighted by Gasteiger charge is -2.10. The molecule has 0 fully saturated rings. The number of nitrogens with zero attached hydrogens (tertiary/aromatic N) is 2. The van der Waals surface area contributed by atoms with Crippen LogP contribution in [0.25, 0.3) is 0 Å². The topological polar surface area (TPSA) is 90.2 Å². The first-order valence-electron chi connectivity index (χ1n) is 4.92. The lowest BCUT2D eigenvalue weighted by atomic mass is 10.1. The fraction of sp³-hybridized carbons (Fsp3) is 0.182.